The van der Waals surface area contributed by atoms with E-state index in [0.717, 1.165) is 4.90 Å². The minimum atomic E-state index is -1.13. The lowest BCUT2D eigenvalue weighted by atomic mass is 10.1. The van der Waals surface area contributed by atoms with E-state index in [1.165, 1.54) is 24.3 Å². The van der Waals surface area contributed by atoms with Crippen LogP contribution in [0, 0.1) is 0 Å². The van der Waals surface area contributed by atoms with Gasteiger partial charge in [-0.2, -0.15) is 0 Å². The topological polar surface area (TPSA) is 140 Å². The van der Waals surface area contributed by atoms with Crippen LogP contribution in [-0.2, 0) is 9.47 Å². The Morgan fingerprint density at radius 1 is 1.00 bits per heavy atom. The number of fused-ring (bicyclic) bond motifs is 1. The van der Waals surface area contributed by atoms with Crippen LogP contribution in [0.25, 0.3) is 11.2 Å². The van der Waals surface area contributed by atoms with Gasteiger partial charge in [0.2, 0.25) is 0 Å². The highest BCUT2D eigenvalue weighted by atomic mass is 16.6. The van der Waals surface area contributed by atoms with Gasteiger partial charge in [-0.15, -0.1) is 0 Å². The Labute approximate surface area is 205 Å². The maximum absolute atomic E-state index is 13.6. The van der Waals surface area contributed by atoms with Crippen molar-refractivity contribution in [3.8, 4) is 0 Å². The monoisotopic (exact) mass is 489 g/mol. The fourth-order valence-electron chi connectivity index (χ4n) is 4.28. The number of rotatable bonds is 6. The Morgan fingerprint density at radius 3 is 2.14 bits per heavy atom. The Balaban J connectivity index is 1.62. The summed E-state index contributed by atoms with van der Waals surface area (Å²) in [5, 5.41) is 20.4. The Bertz CT molecular complexity index is 1330. The minimum Gasteiger partial charge on any atom is -0.394 e. The SMILES string of the molecule is CO[C@H]1[C@@H](O)[C@H](n2cnc3c(N(C(=O)c4ccccc4)C(=O)c4ccccc4)ncnc32)O[C@@H]1CO. The number of carbonyl (C=O) groups is 2. The van der Waals surface area contributed by atoms with Crippen LogP contribution in [0.15, 0.2) is 73.3 Å². The lowest BCUT2D eigenvalue weighted by Gasteiger charge is -2.21. The number of nitrogens with zero attached hydrogens (tertiary/aromatic N) is 5. The van der Waals surface area contributed by atoms with Crippen molar-refractivity contribution in [3.63, 3.8) is 0 Å². The van der Waals surface area contributed by atoms with E-state index in [0.29, 0.717) is 0 Å². The second-order valence-electron chi connectivity index (χ2n) is 8.14. The van der Waals surface area contributed by atoms with Gasteiger partial charge in [0.1, 0.15) is 24.6 Å². The average molecular weight is 489 g/mol. The molecule has 2 amide bonds. The van der Waals surface area contributed by atoms with Crippen molar-refractivity contribution < 1.29 is 29.3 Å². The molecule has 4 atom stereocenters. The first-order chi connectivity index (χ1) is 17.5. The molecule has 1 saturated heterocycles. The molecule has 0 spiro atoms. The molecule has 1 aliphatic rings. The van der Waals surface area contributed by atoms with Gasteiger partial charge >= 0.3 is 0 Å². The number of amides is 2. The highest BCUT2D eigenvalue weighted by Crippen LogP contribution is 2.34. The molecule has 1 fully saturated rings. The van der Waals surface area contributed by atoms with Gasteiger partial charge in [0.25, 0.3) is 11.8 Å². The van der Waals surface area contributed by atoms with E-state index in [2.05, 4.69) is 15.0 Å². The molecule has 11 nitrogen and oxygen atoms in total. The number of carbonyl (C=O) groups excluding carboxylic acids is 2. The van der Waals surface area contributed by atoms with Crippen LogP contribution in [0.5, 0.6) is 0 Å². The largest absolute Gasteiger partial charge is 0.394 e. The summed E-state index contributed by atoms with van der Waals surface area (Å²) in [4.78, 5) is 41.0. The third-order valence-corrected chi connectivity index (χ3v) is 6.03. The van der Waals surface area contributed by atoms with E-state index >= 15 is 0 Å². The quantitative estimate of drug-likeness (QED) is 0.386. The Hall–Kier alpha value is -4.03. The predicted molar refractivity (Wildman–Crippen MR) is 127 cm³/mol. The molecular weight excluding hydrogens is 466 g/mol. The van der Waals surface area contributed by atoms with E-state index in [4.69, 9.17) is 9.47 Å². The molecular formula is C25H23N5O6. The van der Waals surface area contributed by atoms with Crippen molar-refractivity contribution in [2.75, 3.05) is 18.6 Å². The highest BCUT2D eigenvalue weighted by Gasteiger charge is 2.45. The summed E-state index contributed by atoms with van der Waals surface area (Å²) in [5.41, 5.74) is 0.958. The predicted octanol–water partition coefficient (Wildman–Crippen LogP) is 1.58. The molecule has 5 rings (SSSR count). The van der Waals surface area contributed by atoms with E-state index in [-0.39, 0.29) is 34.7 Å². The molecule has 0 bridgehead atoms. The zero-order valence-corrected chi connectivity index (χ0v) is 19.2. The first-order valence-corrected chi connectivity index (χ1v) is 11.2. The van der Waals surface area contributed by atoms with E-state index < -0.39 is 36.4 Å². The summed E-state index contributed by atoms with van der Waals surface area (Å²) in [6.07, 6.45) is -1.04. The number of aromatic nitrogens is 4. The second-order valence-corrected chi connectivity index (χ2v) is 8.14. The molecule has 184 valence electrons. The maximum Gasteiger partial charge on any atom is 0.266 e. The molecule has 36 heavy (non-hydrogen) atoms. The number of methoxy groups -OCH3 is 1. The summed E-state index contributed by atoms with van der Waals surface area (Å²) >= 11 is 0. The molecule has 0 unspecified atom stereocenters. The highest BCUT2D eigenvalue weighted by molar-refractivity contribution is 6.27. The lowest BCUT2D eigenvalue weighted by Crippen LogP contribution is -2.38. The fraction of sp³-hybridized carbons (Fsp3) is 0.240. The minimum absolute atomic E-state index is 0.0176. The molecule has 2 aromatic carbocycles. The number of anilines is 1. The summed E-state index contributed by atoms with van der Waals surface area (Å²) in [6, 6.07) is 16.8. The molecule has 3 heterocycles. The number of hydrogen-bond donors (Lipinski definition) is 2. The number of ether oxygens (including phenoxy) is 2. The normalized spacial score (nSPS) is 21.5. The fourth-order valence-corrected chi connectivity index (χ4v) is 4.28. The standard InChI is InChI=1S/C25H23N5O6/c1-35-20-17(12-31)36-25(19(20)32)29-14-28-18-21(29)26-13-27-22(18)30(23(33)15-8-4-2-5-9-15)24(34)16-10-6-3-7-11-16/h2-11,13-14,17,19-20,25,31-32H,12H2,1H3/t17-,19-,20-,25-/m1/s1. The van der Waals surface area contributed by atoms with Crippen LogP contribution in [0.3, 0.4) is 0 Å². The van der Waals surface area contributed by atoms with E-state index in [1.807, 2.05) is 0 Å². The lowest BCUT2D eigenvalue weighted by molar-refractivity contribution is -0.0535. The number of imide groups is 1. The van der Waals surface area contributed by atoms with Crippen LogP contribution in [0.2, 0.25) is 0 Å². The van der Waals surface area contributed by atoms with Crippen molar-refractivity contribution in [3.05, 3.63) is 84.4 Å². The van der Waals surface area contributed by atoms with Crippen LogP contribution < -0.4 is 4.90 Å². The maximum atomic E-state index is 13.6. The zero-order chi connectivity index (χ0) is 25.2. The van der Waals surface area contributed by atoms with Crippen molar-refractivity contribution in [1.29, 1.82) is 0 Å². The molecule has 0 aliphatic carbocycles. The number of imidazole rings is 1. The number of aliphatic hydroxyl groups excluding tert-OH is 2. The third kappa shape index (κ3) is 4.03. The molecule has 11 heteroatoms. The second kappa shape index (κ2) is 9.91. The molecule has 1 aliphatic heterocycles. The van der Waals surface area contributed by atoms with Crippen molar-refractivity contribution in [1.82, 2.24) is 19.5 Å². The summed E-state index contributed by atoms with van der Waals surface area (Å²) in [5.74, 6) is -1.19. The van der Waals surface area contributed by atoms with E-state index in [1.54, 1.807) is 60.7 Å². The molecule has 0 saturated carbocycles. The number of aliphatic hydroxyl groups is 2. The number of hydrogen-bond acceptors (Lipinski definition) is 9. The Kier molecular flexibility index (Phi) is 6.53. The first kappa shape index (κ1) is 23.7. The smallest absolute Gasteiger partial charge is 0.266 e. The third-order valence-electron chi connectivity index (χ3n) is 6.03. The first-order valence-electron chi connectivity index (χ1n) is 11.2. The van der Waals surface area contributed by atoms with Gasteiger partial charge in [-0.25, -0.2) is 19.9 Å². The van der Waals surface area contributed by atoms with Crippen molar-refractivity contribution in [2.45, 2.75) is 24.5 Å². The average Bonchev–Trinajstić information content (AvgIpc) is 3.50. The van der Waals surface area contributed by atoms with Crippen LogP contribution in [0.1, 0.15) is 26.9 Å². The number of benzene rings is 2. The van der Waals surface area contributed by atoms with Crippen LogP contribution in [0.4, 0.5) is 5.82 Å². The molecule has 4 aromatic rings. The van der Waals surface area contributed by atoms with Crippen LogP contribution in [-0.4, -0.2) is 73.6 Å². The summed E-state index contributed by atoms with van der Waals surface area (Å²) in [6.45, 7) is -0.357. The van der Waals surface area contributed by atoms with Gasteiger partial charge in [0.15, 0.2) is 23.2 Å². The molecule has 0 radical (unpaired) electrons. The zero-order valence-electron chi connectivity index (χ0n) is 19.2. The van der Waals surface area contributed by atoms with Crippen molar-refractivity contribution >= 4 is 28.8 Å². The molecule has 2 N–H and O–H groups in total. The van der Waals surface area contributed by atoms with Gasteiger partial charge in [0.05, 0.1) is 12.9 Å². The van der Waals surface area contributed by atoms with Crippen molar-refractivity contribution in [2.24, 2.45) is 0 Å². The van der Waals surface area contributed by atoms with Gasteiger partial charge in [0, 0.05) is 18.2 Å². The van der Waals surface area contributed by atoms with Gasteiger partial charge in [-0.1, -0.05) is 36.4 Å². The van der Waals surface area contributed by atoms with Gasteiger partial charge in [-0.3, -0.25) is 14.2 Å². The van der Waals surface area contributed by atoms with Gasteiger partial charge in [-0.05, 0) is 24.3 Å². The Morgan fingerprint density at radius 2 is 1.61 bits per heavy atom. The van der Waals surface area contributed by atoms with Crippen LogP contribution >= 0.6 is 0 Å². The van der Waals surface area contributed by atoms with Gasteiger partial charge < -0.3 is 19.7 Å². The summed E-state index contributed by atoms with van der Waals surface area (Å²) < 4.78 is 12.6. The molecule has 2 aromatic heterocycles. The van der Waals surface area contributed by atoms with E-state index in [9.17, 15) is 19.8 Å². The summed E-state index contributed by atoms with van der Waals surface area (Å²) in [7, 11) is 1.41.